The van der Waals surface area contributed by atoms with Crippen LogP contribution >= 0.6 is 7.59 Å². The molecule has 16 heteroatoms. The molecule has 0 aliphatic carbocycles. The summed E-state index contributed by atoms with van der Waals surface area (Å²) >= 11 is 0. The third-order valence-corrected chi connectivity index (χ3v) is 6.49. The molecule has 2 aromatic heterocycles. The summed E-state index contributed by atoms with van der Waals surface area (Å²) in [5.74, 6) is -0.697. The van der Waals surface area contributed by atoms with Gasteiger partial charge in [-0.15, -0.1) is 13.1 Å². The van der Waals surface area contributed by atoms with E-state index in [0.29, 0.717) is 11.4 Å². The van der Waals surface area contributed by atoms with E-state index in [-0.39, 0.29) is 90.9 Å². The van der Waals surface area contributed by atoms with Crippen LogP contribution in [0.25, 0.3) is 10.2 Å². The number of aromatic amines is 2. The van der Waals surface area contributed by atoms with Crippen LogP contribution in [0.3, 0.4) is 0 Å². The van der Waals surface area contributed by atoms with Crippen molar-refractivity contribution in [3.63, 3.8) is 0 Å². The van der Waals surface area contributed by atoms with Gasteiger partial charge in [0, 0.05) is 42.2 Å². The molecule has 0 unspecified atom stereocenters. The predicted molar refractivity (Wildman–Crippen MR) is 130 cm³/mol. The van der Waals surface area contributed by atoms with Crippen molar-refractivity contribution >= 4 is 13.5 Å². The van der Waals surface area contributed by atoms with Gasteiger partial charge in [0.05, 0.1) is 0 Å². The van der Waals surface area contributed by atoms with Crippen LogP contribution in [0.4, 0.5) is 0 Å². The zero-order valence-corrected chi connectivity index (χ0v) is 25.9. The van der Waals surface area contributed by atoms with E-state index in [1.165, 1.54) is 24.3 Å². The summed E-state index contributed by atoms with van der Waals surface area (Å²) in [4.78, 5) is 65.8. The Morgan fingerprint density at radius 1 is 0.838 bits per heavy atom. The van der Waals surface area contributed by atoms with E-state index in [9.17, 15) is 28.5 Å². The molecule has 1 amide bonds. The van der Waals surface area contributed by atoms with Crippen LogP contribution in [0.1, 0.15) is 21.7 Å². The van der Waals surface area contributed by atoms with Crippen molar-refractivity contribution in [3.8, 4) is 0 Å². The minimum Gasteiger partial charge on any atom is -0.601 e. The second-order valence-electron chi connectivity index (χ2n) is 7.58. The number of carbonyl (C=O) groups excluding carboxylic acids is 1. The average molecular weight is 547 g/mol. The number of benzene rings is 1. The topological polar surface area (TPSA) is 184 Å². The Labute approximate surface area is 255 Å². The Morgan fingerprint density at radius 2 is 1.27 bits per heavy atom. The third kappa shape index (κ3) is 9.47. The molecular weight excluding hydrogens is 523 g/mol. The van der Waals surface area contributed by atoms with Crippen molar-refractivity contribution in [2.24, 2.45) is 0 Å². The molecule has 0 radical (unpaired) electrons. The molecule has 0 fully saturated rings. The third-order valence-electron chi connectivity index (χ3n) is 4.82. The number of aryl methyl sites for hydroxylation is 2. The van der Waals surface area contributed by atoms with E-state index in [0.717, 1.165) is 9.13 Å². The number of H-pyrrole nitrogens is 2. The van der Waals surface area contributed by atoms with Gasteiger partial charge in [-0.2, -0.15) is 0 Å². The van der Waals surface area contributed by atoms with Crippen LogP contribution in [-0.4, -0.2) is 38.1 Å². The number of nitrogens with one attached hydrogen (secondary N) is 3. The molecule has 0 spiro atoms. The summed E-state index contributed by atoms with van der Waals surface area (Å²) in [6.45, 7) is 2.18. The van der Waals surface area contributed by atoms with Crippen LogP contribution in [0.15, 0.2) is 61.6 Å². The van der Waals surface area contributed by atoms with Crippen molar-refractivity contribution in [1.82, 2.24) is 24.2 Å². The molecule has 0 bridgehead atoms. The molecule has 0 atom stereocenters. The number of hydrogen-bond donors (Lipinski definition) is 3. The van der Waals surface area contributed by atoms with E-state index in [1.807, 2.05) is 0 Å². The quantitative estimate of drug-likeness (QED) is 0.169. The minimum atomic E-state index is -4.10. The van der Waals surface area contributed by atoms with E-state index in [1.54, 1.807) is 32.0 Å². The van der Waals surface area contributed by atoms with Gasteiger partial charge in [0.1, 0.15) is 0 Å². The van der Waals surface area contributed by atoms with Crippen molar-refractivity contribution in [3.05, 3.63) is 111 Å². The molecule has 3 rings (SSSR count). The van der Waals surface area contributed by atoms with Gasteiger partial charge in [0.25, 0.3) is 17.0 Å². The van der Waals surface area contributed by atoms with Crippen LogP contribution in [0.2, 0.25) is 0 Å². The van der Waals surface area contributed by atoms with E-state index in [2.05, 4.69) is 25.2 Å². The first kappa shape index (κ1) is 33.2. The molecule has 0 saturated carbocycles. The largest absolute Gasteiger partial charge is 1.00 e. The van der Waals surface area contributed by atoms with Gasteiger partial charge in [0.15, 0.2) is 0 Å². The van der Waals surface area contributed by atoms with Gasteiger partial charge in [0.2, 0.25) is 0 Å². The molecule has 3 N–H and O–H groups in total. The number of amides is 1. The Bertz CT molecular complexity index is 1350. The van der Waals surface area contributed by atoms with Crippen LogP contribution < -0.4 is 86.7 Å². The van der Waals surface area contributed by atoms with Crippen molar-refractivity contribution in [2.75, 3.05) is 13.1 Å². The molecule has 0 saturated heterocycles. The van der Waals surface area contributed by atoms with Crippen LogP contribution in [0.5, 0.6) is 0 Å². The second kappa shape index (κ2) is 15.0. The molecule has 186 valence electrons. The Kier molecular flexibility index (Phi) is 13.4. The monoisotopic (exact) mass is 547 g/mol. The number of hydrogen-bond acceptors (Lipinski definition) is 6. The predicted octanol–water partition coefficient (Wildman–Crippen LogP) is -5.00. The molecule has 2 heterocycles. The minimum absolute atomic E-state index is 0. The summed E-state index contributed by atoms with van der Waals surface area (Å²) in [6, 6.07) is 10.4. The first-order valence-corrected chi connectivity index (χ1v) is 12.2. The number of carbonyl (C=O) groups is 1. The fourth-order valence-corrected chi connectivity index (χ4v) is 4.50. The molecule has 13 nitrogen and oxygen atoms in total. The normalized spacial score (nSPS) is 10.8. The SMILES string of the molecule is Cc1cc(=O)n(CC[N-]P(=O)([N-]CCn2c(=O)cc(C)[nH]c2=O)NC(=O)c2ccccc2)c(=O)[nH]1.[Na+].[Na+]. The van der Waals surface area contributed by atoms with Gasteiger partial charge >= 0.3 is 70.5 Å². The summed E-state index contributed by atoms with van der Waals surface area (Å²) in [6.07, 6.45) is 0. The number of rotatable bonds is 10. The first-order valence-electron chi connectivity index (χ1n) is 10.6. The second-order valence-corrected chi connectivity index (χ2v) is 9.45. The first-order chi connectivity index (χ1) is 16.6. The number of aromatic nitrogens is 4. The summed E-state index contributed by atoms with van der Waals surface area (Å²) in [7, 11) is -4.10. The molecule has 1 aromatic carbocycles. The van der Waals surface area contributed by atoms with Gasteiger partial charge in [-0.05, 0) is 33.6 Å². The average Bonchev–Trinajstić information content (AvgIpc) is 2.78. The molecule has 3 aromatic rings. The maximum Gasteiger partial charge on any atom is 1.00 e. The van der Waals surface area contributed by atoms with E-state index >= 15 is 0 Å². The maximum atomic E-state index is 13.4. The molecule has 0 aliphatic rings. The summed E-state index contributed by atoms with van der Waals surface area (Å²) < 4.78 is 15.2. The van der Waals surface area contributed by atoms with E-state index in [4.69, 9.17) is 0 Å². The Morgan fingerprint density at radius 3 is 1.68 bits per heavy atom. The van der Waals surface area contributed by atoms with Crippen LogP contribution in [0, 0.1) is 13.8 Å². The van der Waals surface area contributed by atoms with Crippen LogP contribution in [-0.2, 0) is 17.7 Å². The van der Waals surface area contributed by atoms with Crippen molar-refractivity contribution in [1.29, 1.82) is 0 Å². The molecular formula is C21H24N7Na2O6P. The zero-order chi connectivity index (χ0) is 25.6. The maximum absolute atomic E-state index is 13.4. The smallest absolute Gasteiger partial charge is 0.601 e. The van der Waals surface area contributed by atoms with Crippen molar-refractivity contribution < 1.29 is 68.5 Å². The summed E-state index contributed by atoms with van der Waals surface area (Å²) in [5.41, 5.74) is -1.41. The Hall–Kier alpha value is -1.80. The Balaban J connectivity index is 0.00000342. The van der Waals surface area contributed by atoms with Gasteiger partial charge in [-0.1, -0.05) is 18.2 Å². The zero-order valence-electron chi connectivity index (χ0n) is 21.1. The van der Waals surface area contributed by atoms with Gasteiger partial charge in [-0.3, -0.25) is 23.5 Å². The fourth-order valence-electron chi connectivity index (χ4n) is 3.16. The standard InChI is InChI=1S/C21H26N7O6P.2Na/c1-14-12-17(29)27(20(32)24-14)10-8-22-35(34,26-19(31)16-6-4-3-5-7-16)23-9-11-28-18(30)13-15(2)25-21(28)33;;/h3-7,12-13H,8-11H2,1-2H3,(H5,22,23,24,25,26,29,30,31,32,33,34);;/q;2*+1/p-2. The molecule has 37 heavy (non-hydrogen) atoms. The van der Waals surface area contributed by atoms with Gasteiger partial charge in [-0.25, -0.2) is 9.59 Å². The molecule has 0 aliphatic heterocycles. The van der Waals surface area contributed by atoms with Crippen molar-refractivity contribution in [2.45, 2.75) is 26.9 Å². The fraction of sp³-hybridized carbons (Fsp3) is 0.286. The van der Waals surface area contributed by atoms with Gasteiger partial charge < -0.3 is 29.8 Å². The van der Waals surface area contributed by atoms with E-state index < -0.39 is 36.0 Å². The summed E-state index contributed by atoms with van der Waals surface area (Å²) in [5, 5.41) is 10.3. The number of nitrogens with zero attached hydrogens (tertiary/aromatic N) is 4.